The van der Waals surface area contributed by atoms with Gasteiger partial charge in [0.2, 0.25) is 5.60 Å². The van der Waals surface area contributed by atoms with E-state index in [1.54, 1.807) is 48.5 Å². The van der Waals surface area contributed by atoms with Gasteiger partial charge in [0.15, 0.2) is 0 Å². The predicted molar refractivity (Wildman–Crippen MR) is 102 cm³/mol. The van der Waals surface area contributed by atoms with Gasteiger partial charge in [-0.3, -0.25) is 0 Å². The molecule has 1 aliphatic heterocycles. The zero-order valence-corrected chi connectivity index (χ0v) is 15.3. The Morgan fingerprint density at radius 2 is 1.62 bits per heavy atom. The molecule has 0 fully saturated rings. The fraction of sp³-hybridized carbons (Fsp3) is 0.318. The average Bonchev–Trinajstić information content (AvgIpc) is 2.69. The van der Waals surface area contributed by atoms with Gasteiger partial charge in [0.1, 0.15) is 6.61 Å². The molecule has 0 radical (unpaired) electrons. The molecule has 4 nitrogen and oxygen atoms in total. The number of hydrogen-bond donors (Lipinski definition) is 1. The van der Waals surface area contributed by atoms with Crippen molar-refractivity contribution in [2.24, 2.45) is 0 Å². The molecule has 0 spiro atoms. The van der Waals surface area contributed by atoms with E-state index in [1.807, 2.05) is 12.1 Å². The molecule has 3 rings (SSSR count). The molecule has 0 saturated heterocycles. The number of carbonyl (C=O) groups excluding carboxylic acids is 1. The van der Waals surface area contributed by atoms with Crippen molar-refractivity contribution in [2.45, 2.75) is 18.9 Å². The van der Waals surface area contributed by atoms with E-state index in [9.17, 15) is 9.90 Å². The summed E-state index contributed by atoms with van der Waals surface area (Å²) in [7, 11) is 2.05. The molecule has 0 amide bonds. The molecule has 0 aliphatic carbocycles. The summed E-state index contributed by atoms with van der Waals surface area (Å²) < 4.78 is 5.60. The van der Waals surface area contributed by atoms with Crippen LogP contribution in [-0.4, -0.2) is 42.7 Å². The zero-order valence-electron chi connectivity index (χ0n) is 15.3. The van der Waals surface area contributed by atoms with Crippen LogP contribution < -0.4 is 0 Å². The molecule has 0 bridgehead atoms. The van der Waals surface area contributed by atoms with Gasteiger partial charge in [-0.25, -0.2) is 4.79 Å². The third kappa shape index (κ3) is 3.71. The number of likely N-dealkylation sites (N-methyl/N-ethyl adjacent to an activating group) is 1. The Kier molecular flexibility index (Phi) is 5.55. The highest BCUT2D eigenvalue weighted by atomic mass is 16.5. The van der Waals surface area contributed by atoms with E-state index >= 15 is 0 Å². The SMILES string of the molecule is CC1=C(COC(=O)C(O)(c2ccccc2)c2ccccc2)CN(C)CC1. The van der Waals surface area contributed by atoms with Gasteiger partial charge in [0.25, 0.3) is 0 Å². The molecule has 0 aromatic heterocycles. The first-order chi connectivity index (χ1) is 12.5. The van der Waals surface area contributed by atoms with Gasteiger partial charge in [-0.05, 0) is 37.1 Å². The topological polar surface area (TPSA) is 49.8 Å². The van der Waals surface area contributed by atoms with Gasteiger partial charge >= 0.3 is 5.97 Å². The van der Waals surface area contributed by atoms with Gasteiger partial charge in [-0.15, -0.1) is 0 Å². The second kappa shape index (κ2) is 7.85. The van der Waals surface area contributed by atoms with Crippen LogP contribution in [0.5, 0.6) is 0 Å². The third-order valence-corrected chi connectivity index (χ3v) is 4.99. The molecule has 1 heterocycles. The second-order valence-corrected chi connectivity index (χ2v) is 6.89. The maximum atomic E-state index is 13.0. The molecule has 136 valence electrons. The van der Waals surface area contributed by atoms with Crippen molar-refractivity contribution in [1.29, 1.82) is 0 Å². The Morgan fingerprint density at radius 1 is 1.08 bits per heavy atom. The Labute approximate surface area is 154 Å². The predicted octanol–water partition coefficient (Wildman–Crippen LogP) is 3.12. The summed E-state index contributed by atoms with van der Waals surface area (Å²) in [5.74, 6) is -0.650. The van der Waals surface area contributed by atoms with E-state index in [-0.39, 0.29) is 6.61 Å². The Bertz CT molecular complexity index is 744. The quantitative estimate of drug-likeness (QED) is 0.664. The maximum absolute atomic E-state index is 13.0. The molecular formula is C22H25NO3. The van der Waals surface area contributed by atoms with Crippen LogP contribution in [0.1, 0.15) is 24.5 Å². The molecule has 26 heavy (non-hydrogen) atoms. The summed E-state index contributed by atoms with van der Waals surface area (Å²) in [5.41, 5.74) is 1.55. The van der Waals surface area contributed by atoms with Crippen molar-refractivity contribution in [2.75, 3.05) is 26.7 Å². The van der Waals surface area contributed by atoms with Crippen LogP contribution in [0.2, 0.25) is 0 Å². The zero-order chi connectivity index (χ0) is 18.6. The van der Waals surface area contributed by atoms with Gasteiger partial charge < -0.3 is 14.7 Å². The summed E-state index contributed by atoms with van der Waals surface area (Å²) in [6.07, 6.45) is 0.977. The largest absolute Gasteiger partial charge is 0.458 e. The Balaban J connectivity index is 1.87. The van der Waals surface area contributed by atoms with Crippen LogP contribution in [0.25, 0.3) is 0 Å². The van der Waals surface area contributed by atoms with Crippen molar-refractivity contribution in [3.63, 3.8) is 0 Å². The van der Waals surface area contributed by atoms with Gasteiger partial charge in [0, 0.05) is 13.1 Å². The average molecular weight is 351 g/mol. The Hall–Kier alpha value is -2.43. The first-order valence-corrected chi connectivity index (χ1v) is 8.88. The van der Waals surface area contributed by atoms with Gasteiger partial charge in [-0.1, -0.05) is 66.2 Å². The highest BCUT2D eigenvalue weighted by Gasteiger charge is 2.41. The van der Waals surface area contributed by atoms with Gasteiger partial charge in [-0.2, -0.15) is 0 Å². The summed E-state index contributed by atoms with van der Waals surface area (Å²) in [6, 6.07) is 17.9. The fourth-order valence-corrected chi connectivity index (χ4v) is 3.26. The number of hydrogen-bond acceptors (Lipinski definition) is 4. The van der Waals surface area contributed by atoms with Crippen molar-refractivity contribution in [3.8, 4) is 0 Å². The van der Waals surface area contributed by atoms with E-state index in [4.69, 9.17) is 4.74 Å². The number of aliphatic hydroxyl groups is 1. The lowest BCUT2D eigenvalue weighted by Gasteiger charge is -2.29. The van der Waals surface area contributed by atoms with E-state index in [0.717, 1.165) is 25.1 Å². The van der Waals surface area contributed by atoms with E-state index in [2.05, 4.69) is 18.9 Å². The maximum Gasteiger partial charge on any atom is 0.348 e. The molecule has 2 aromatic carbocycles. The third-order valence-electron chi connectivity index (χ3n) is 4.99. The number of nitrogens with zero attached hydrogens (tertiary/aromatic N) is 1. The second-order valence-electron chi connectivity index (χ2n) is 6.89. The molecule has 4 heteroatoms. The smallest absolute Gasteiger partial charge is 0.348 e. The van der Waals surface area contributed by atoms with Crippen LogP contribution in [0.4, 0.5) is 0 Å². The van der Waals surface area contributed by atoms with E-state index < -0.39 is 11.6 Å². The van der Waals surface area contributed by atoms with Crippen LogP contribution >= 0.6 is 0 Å². The number of esters is 1. The van der Waals surface area contributed by atoms with Crippen LogP contribution in [0.3, 0.4) is 0 Å². The molecule has 0 atom stereocenters. The lowest BCUT2D eigenvalue weighted by molar-refractivity contribution is -0.161. The Morgan fingerprint density at radius 3 is 2.15 bits per heavy atom. The highest BCUT2D eigenvalue weighted by Crippen LogP contribution is 2.31. The number of benzene rings is 2. The standard InChI is InChI=1S/C22H25NO3/c1-17-13-14-23(2)15-18(17)16-26-21(24)22(25,19-9-5-3-6-10-19)20-11-7-4-8-12-20/h3-12,25H,13-16H2,1-2H3. The van der Waals surface area contributed by atoms with Gasteiger partial charge in [0.05, 0.1) is 0 Å². The molecule has 1 aliphatic rings. The minimum atomic E-state index is -1.82. The monoisotopic (exact) mass is 351 g/mol. The number of rotatable bonds is 5. The summed E-state index contributed by atoms with van der Waals surface area (Å²) in [6.45, 7) is 4.09. The first-order valence-electron chi connectivity index (χ1n) is 8.88. The van der Waals surface area contributed by atoms with Crippen molar-refractivity contribution < 1.29 is 14.6 Å². The first kappa shape index (κ1) is 18.4. The molecule has 0 unspecified atom stereocenters. The summed E-state index contributed by atoms with van der Waals surface area (Å²) >= 11 is 0. The van der Waals surface area contributed by atoms with Crippen LogP contribution in [0, 0.1) is 0 Å². The van der Waals surface area contributed by atoms with Crippen LogP contribution in [0.15, 0.2) is 71.8 Å². The minimum Gasteiger partial charge on any atom is -0.458 e. The van der Waals surface area contributed by atoms with Crippen molar-refractivity contribution >= 4 is 5.97 Å². The normalized spacial score (nSPS) is 15.8. The van der Waals surface area contributed by atoms with E-state index in [0.29, 0.717) is 11.1 Å². The minimum absolute atomic E-state index is 0.205. The molecule has 2 aromatic rings. The van der Waals surface area contributed by atoms with Crippen LogP contribution in [-0.2, 0) is 15.1 Å². The molecular weight excluding hydrogens is 326 g/mol. The molecule has 1 N–H and O–H groups in total. The number of ether oxygens (including phenoxy) is 1. The van der Waals surface area contributed by atoms with Crippen molar-refractivity contribution in [3.05, 3.63) is 82.9 Å². The number of carbonyl (C=O) groups is 1. The summed E-state index contributed by atoms with van der Waals surface area (Å²) in [5, 5.41) is 11.4. The van der Waals surface area contributed by atoms with E-state index in [1.165, 1.54) is 5.57 Å². The lowest BCUT2D eigenvalue weighted by Crippen LogP contribution is -2.39. The fourth-order valence-electron chi connectivity index (χ4n) is 3.26. The van der Waals surface area contributed by atoms with Crippen molar-refractivity contribution in [1.82, 2.24) is 4.90 Å². The highest BCUT2D eigenvalue weighted by molar-refractivity contribution is 5.85. The lowest BCUT2D eigenvalue weighted by atomic mass is 9.86. The molecule has 0 saturated carbocycles. The summed E-state index contributed by atoms with van der Waals surface area (Å²) in [4.78, 5) is 15.2.